The van der Waals surface area contributed by atoms with Gasteiger partial charge < -0.3 is 29.1 Å². The van der Waals surface area contributed by atoms with Crippen molar-refractivity contribution in [2.45, 2.75) is 122 Å². The quantitative estimate of drug-likeness (QED) is 0.123. The molecule has 11 nitrogen and oxygen atoms in total. The van der Waals surface area contributed by atoms with Crippen LogP contribution in [0.25, 0.3) is 0 Å². The average molecular weight is 711 g/mol. The second kappa shape index (κ2) is 17.1. The Morgan fingerprint density at radius 2 is 1.84 bits per heavy atom. The molecule has 4 heterocycles. The zero-order chi connectivity index (χ0) is 36.5. The fraction of sp³-hybridized carbons (Fsp3) is 0.553. The summed E-state index contributed by atoms with van der Waals surface area (Å²) in [4.78, 5) is 62.6. The maximum absolute atomic E-state index is 14.4. The van der Waals surface area contributed by atoms with Crippen molar-refractivity contribution in [2.75, 3.05) is 13.7 Å². The minimum Gasteiger partial charge on any atom is -0.482 e. The smallest absolute Gasteiger partial charge is 0.311 e. The summed E-state index contributed by atoms with van der Waals surface area (Å²) in [6.45, 7) is 3.92. The van der Waals surface area contributed by atoms with E-state index in [0.29, 0.717) is 31.2 Å². The van der Waals surface area contributed by atoms with Gasteiger partial charge in [0.2, 0.25) is 17.1 Å². The van der Waals surface area contributed by atoms with Crippen molar-refractivity contribution < 1.29 is 37.5 Å². The average Bonchev–Trinajstić information content (AvgIpc) is 3.49. The molecule has 3 aliphatic heterocycles. The number of unbranched alkanes of at least 4 members (excludes halogenated alkanes) is 7. The van der Waals surface area contributed by atoms with Gasteiger partial charge in [-0.25, -0.2) is 8.78 Å². The first-order valence-corrected chi connectivity index (χ1v) is 18.1. The predicted octanol–water partition coefficient (Wildman–Crippen LogP) is 6.74. The topological polar surface area (TPSA) is 129 Å². The molecule has 0 saturated carbocycles. The molecule has 1 saturated heterocycles. The second-order valence-corrected chi connectivity index (χ2v) is 13.7. The van der Waals surface area contributed by atoms with Crippen LogP contribution in [0.1, 0.15) is 130 Å². The zero-order valence-electron chi connectivity index (χ0n) is 29.7. The molecule has 13 heteroatoms. The van der Waals surface area contributed by atoms with E-state index in [1.54, 1.807) is 4.90 Å². The van der Waals surface area contributed by atoms with Gasteiger partial charge in [0.1, 0.15) is 17.2 Å². The third-order valence-corrected chi connectivity index (χ3v) is 10.1. The van der Waals surface area contributed by atoms with Gasteiger partial charge in [-0.15, -0.1) is 0 Å². The Morgan fingerprint density at radius 1 is 1.10 bits per heavy atom. The lowest BCUT2D eigenvalue weighted by atomic mass is 9.85. The van der Waals surface area contributed by atoms with Crippen molar-refractivity contribution in [2.24, 2.45) is 5.16 Å². The first-order chi connectivity index (χ1) is 24.6. The highest BCUT2D eigenvalue weighted by Crippen LogP contribution is 2.46. The van der Waals surface area contributed by atoms with Gasteiger partial charge in [-0.3, -0.25) is 19.2 Å². The molecule has 3 aliphatic rings. The molecule has 1 N–H and O–H groups in total. The van der Waals surface area contributed by atoms with Crippen molar-refractivity contribution in [3.8, 4) is 5.75 Å². The Labute approximate surface area is 297 Å². The number of allylic oxidation sites excluding steroid dienone is 2. The molecule has 0 aliphatic carbocycles. The molecule has 2 bridgehead atoms. The van der Waals surface area contributed by atoms with E-state index in [0.717, 1.165) is 44.6 Å². The summed E-state index contributed by atoms with van der Waals surface area (Å²) in [7, 11) is 1.49. The fourth-order valence-electron chi connectivity index (χ4n) is 6.99. The summed E-state index contributed by atoms with van der Waals surface area (Å²) in [5.41, 5.74) is -2.48. The summed E-state index contributed by atoms with van der Waals surface area (Å²) >= 11 is 0. The van der Waals surface area contributed by atoms with Gasteiger partial charge in [-0.1, -0.05) is 62.4 Å². The predicted molar refractivity (Wildman–Crippen MR) is 186 cm³/mol. The Morgan fingerprint density at radius 3 is 2.57 bits per heavy atom. The summed E-state index contributed by atoms with van der Waals surface area (Å²) in [5, 5.41) is 6.64. The SMILES string of the molecule is CCCC/C=C\CCCCCCCC(=O)Oc1c2n(cc(C(=O)NCc3ccc(F)cc3F)c1=O)[C@@H]1CN(C2=O)[C@@H](C)CC[C@]12CC(OC)=NO2. The van der Waals surface area contributed by atoms with Gasteiger partial charge in [0.25, 0.3) is 11.8 Å². The first-order valence-electron chi connectivity index (χ1n) is 18.1. The molecule has 5 rings (SSSR count). The monoisotopic (exact) mass is 710 g/mol. The number of amides is 2. The van der Waals surface area contributed by atoms with Gasteiger partial charge in [0.05, 0.1) is 19.6 Å². The molecule has 1 aromatic heterocycles. The van der Waals surface area contributed by atoms with Crippen LogP contribution in [0.15, 0.2) is 46.5 Å². The van der Waals surface area contributed by atoms with Crippen LogP contribution < -0.4 is 15.5 Å². The van der Waals surface area contributed by atoms with Crippen LogP contribution in [-0.4, -0.2) is 58.4 Å². The highest BCUT2D eigenvalue weighted by atomic mass is 19.1. The number of nitrogens with zero attached hydrogens (tertiary/aromatic N) is 3. The van der Waals surface area contributed by atoms with Crippen molar-refractivity contribution in [1.29, 1.82) is 0 Å². The van der Waals surface area contributed by atoms with E-state index in [1.807, 2.05) is 6.92 Å². The number of hydrogen-bond acceptors (Lipinski definition) is 8. The van der Waals surface area contributed by atoms with Gasteiger partial charge in [0, 0.05) is 43.4 Å². The second-order valence-electron chi connectivity index (χ2n) is 13.7. The van der Waals surface area contributed by atoms with Crippen molar-refractivity contribution in [3.63, 3.8) is 0 Å². The molecule has 1 fully saturated rings. The number of carbonyl (C=O) groups is 3. The van der Waals surface area contributed by atoms with E-state index in [1.165, 1.54) is 36.8 Å². The fourth-order valence-corrected chi connectivity index (χ4v) is 6.99. The molecule has 276 valence electrons. The van der Waals surface area contributed by atoms with Crippen molar-refractivity contribution in [1.82, 2.24) is 14.8 Å². The molecule has 1 spiro atoms. The maximum atomic E-state index is 14.4. The molecule has 3 atom stereocenters. The summed E-state index contributed by atoms with van der Waals surface area (Å²) in [5.74, 6) is -3.89. The first kappa shape index (κ1) is 37.7. The number of hydrogen-bond donors (Lipinski definition) is 1. The number of carbonyl (C=O) groups excluding carboxylic acids is 3. The van der Waals surface area contributed by atoms with E-state index in [4.69, 9.17) is 14.3 Å². The summed E-state index contributed by atoms with van der Waals surface area (Å²) < 4.78 is 40.4. The Balaban J connectivity index is 1.39. The summed E-state index contributed by atoms with van der Waals surface area (Å²) in [6, 6.07) is 2.08. The van der Waals surface area contributed by atoms with Gasteiger partial charge >= 0.3 is 5.97 Å². The minimum absolute atomic E-state index is 0.00373. The van der Waals surface area contributed by atoms with E-state index in [2.05, 4.69) is 29.5 Å². The maximum Gasteiger partial charge on any atom is 0.311 e. The Hall–Kier alpha value is -4.55. The molecule has 51 heavy (non-hydrogen) atoms. The molecular weight excluding hydrogens is 662 g/mol. The lowest BCUT2D eigenvalue weighted by molar-refractivity contribution is -0.134. The summed E-state index contributed by atoms with van der Waals surface area (Å²) in [6.07, 6.45) is 16.0. The number of ether oxygens (including phenoxy) is 2. The minimum atomic E-state index is -0.976. The number of benzene rings is 1. The third-order valence-electron chi connectivity index (χ3n) is 10.1. The highest BCUT2D eigenvalue weighted by Gasteiger charge is 2.55. The van der Waals surface area contributed by atoms with E-state index in [-0.39, 0.29) is 43.2 Å². The van der Waals surface area contributed by atoms with E-state index < -0.39 is 57.8 Å². The standard InChI is InChI=1S/C38H48F2N4O7/c1-4-5-6-7-8-9-10-11-12-13-14-15-32(45)50-35-33-37(48)43-24-30(38(19-18-25(43)2)21-31(49-3)42-51-38)44(33)23-28(34(35)46)36(47)41-22-26-16-17-27(39)20-29(26)40/h7-8,16-17,20,23,25,30H,4-6,9-15,18-19,21-22,24H2,1-3H3,(H,41,47)/b8-7-/t25-,30+,38-/m0/s1. The van der Waals surface area contributed by atoms with E-state index >= 15 is 0 Å². The lowest BCUT2D eigenvalue weighted by Crippen LogP contribution is -2.52. The van der Waals surface area contributed by atoms with Crippen molar-refractivity contribution >= 4 is 23.7 Å². The number of nitrogens with one attached hydrogen (secondary N) is 1. The molecule has 2 amide bonds. The Bertz CT molecular complexity index is 1720. The molecular formula is C38H48F2N4O7. The number of aromatic nitrogens is 1. The third kappa shape index (κ3) is 8.68. The van der Waals surface area contributed by atoms with Crippen molar-refractivity contribution in [3.05, 3.63) is 75.2 Å². The number of rotatable bonds is 15. The van der Waals surface area contributed by atoms with Crippen LogP contribution in [0.4, 0.5) is 8.78 Å². The molecule has 2 aromatic rings. The largest absolute Gasteiger partial charge is 0.482 e. The number of esters is 1. The normalized spacial score (nSPS) is 20.9. The van der Waals surface area contributed by atoms with E-state index in [9.17, 15) is 28.0 Å². The number of oxime groups is 1. The number of fused-ring (bicyclic) bond motifs is 5. The number of halogens is 2. The molecule has 0 radical (unpaired) electrons. The van der Waals surface area contributed by atoms with Crippen LogP contribution in [0.5, 0.6) is 5.75 Å². The number of methoxy groups -OCH3 is 1. The van der Waals surface area contributed by atoms with Crippen LogP contribution >= 0.6 is 0 Å². The van der Waals surface area contributed by atoms with Crippen LogP contribution in [-0.2, 0) is 20.9 Å². The van der Waals surface area contributed by atoms with Gasteiger partial charge in [0.15, 0.2) is 11.3 Å². The lowest BCUT2D eigenvalue weighted by Gasteiger charge is -2.41. The van der Waals surface area contributed by atoms with Crippen LogP contribution in [0.2, 0.25) is 0 Å². The van der Waals surface area contributed by atoms with Crippen LogP contribution in [0, 0.1) is 11.6 Å². The zero-order valence-corrected chi connectivity index (χ0v) is 29.7. The number of pyridine rings is 1. The van der Waals surface area contributed by atoms with Crippen LogP contribution in [0.3, 0.4) is 0 Å². The highest BCUT2D eigenvalue weighted by molar-refractivity contribution is 6.00. The van der Waals surface area contributed by atoms with Gasteiger partial charge in [-0.05, 0) is 51.5 Å². The molecule has 0 unspecified atom stereocenters. The van der Waals surface area contributed by atoms with Gasteiger partial charge in [-0.2, -0.15) is 0 Å². The molecule has 1 aromatic carbocycles. The Kier molecular flexibility index (Phi) is 12.6.